The molecule has 106 valence electrons. The molecule has 0 saturated carbocycles. The van der Waals surface area contributed by atoms with E-state index in [0.717, 1.165) is 29.1 Å². The van der Waals surface area contributed by atoms with Gasteiger partial charge in [-0.25, -0.2) is 10.4 Å². The second-order valence-electron chi connectivity index (χ2n) is 4.59. The lowest BCUT2D eigenvalue weighted by Gasteiger charge is -2.04. The SMILES string of the molecule is CCn1c(N/N=C\c2cccc(I)c2)nc2ccccc21. The van der Waals surface area contributed by atoms with Crippen LogP contribution in [0.25, 0.3) is 11.0 Å². The molecule has 1 aromatic heterocycles. The van der Waals surface area contributed by atoms with Gasteiger partial charge < -0.3 is 4.57 Å². The molecule has 1 N–H and O–H groups in total. The van der Waals surface area contributed by atoms with E-state index in [2.05, 4.69) is 67.8 Å². The van der Waals surface area contributed by atoms with Crippen LogP contribution in [-0.2, 0) is 6.54 Å². The lowest BCUT2D eigenvalue weighted by atomic mass is 10.2. The number of benzene rings is 2. The molecule has 21 heavy (non-hydrogen) atoms. The van der Waals surface area contributed by atoms with Gasteiger partial charge >= 0.3 is 0 Å². The van der Waals surface area contributed by atoms with E-state index in [0.29, 0.717) is 0 Å². The molecule has 0 fully saturated rings. The molecule has 0 unspecified atom stereocenters. The second kappa shape index (κ2) is 6.26. The summed E-state index contributed by atoms with van der Waals surface area (Å²) in [7, 11) is 0. The molecule has 0 amide bonds. The molecule has 5 heteroatoms. The maximum atomic E-state index is 4.57. The Labute approximate surface area is 137 Å². The number of nitrogens with one attached hydrogen (secondary N) is 1. The highest BCUT2D eigenvalue weighted by atomic mass is 127. The molecule has 3 rings (SSSR count). The van der Waals surface area contributed by atoms with E-state index in [4.69, 9.17) is 0 Å². The van der Waals surface area contributed by atoms with Crippen molar-refractivity contribution in [3.05, 3.63) is 57.7 Å². The number of fused-ring (bicyclic) bond motifs is 1. The average molecular weight is 390 g/mol. The lowest BCUT2D eigenvalue weighted by molar-refractivity contribution is 0.791. The molecule has 2 aromatic carbocycles. The predicted octanol–water partition coefficient (Wildman–Crippen LogP) is 4.11. The summed E-state index contributed by atoms with van der Waals surface area (Å²) in [6, 6.07) is 16.3. The third kappa shape index (κ3) is 3.07. The van der Waals surface area contributed by atoms with Crippen LogP contribution in [0.2, 0.25) is 0 Å². The molecule has 1 heterocycles. The molecule has 0 saturated heterocycles. The topological polar surface area (TPSA) is 42.2 Å². The number of rotatable bonds is 4. The van der Waals surface area contributed by atoms with Crippen molar-refractivity contribution in [1.82, 2.24) is 9.55 Å². The van der Waals surface area contributed by atoms with E-state index in [1.165, 1.54) is 3.57 Å². The predicted molar refractivity (Wildman–Crippen MR) is 95.8 cm³/mol. The first kappa shape index (κ1) is 14.1. The minimum absolute atomic E-state index is 0.764. The van der Waals surface area contributed by atoms with Gasteiger partial charge in [0.15, 0.2) is 0 Å². The van der Waals surface area contributed by atoms with E-state index in [1.807, 2.05) is 36.5 Å². The first-order valence-electron chi connectivity index (χ1n) is 6.78. The highest BCUT2D eigenvalue weighted by molar-refractivity contribution is 14.1. The van der Waals surface area contributed by atoms with Crippen molar-refractivity contribution in [1.29, 1.82) is 0 Å². The quantitative estimate of drug-likeness (QED) is 0.414. The smallest absolute Gasteiger partial charge is 0.224 e. The summed E-state index contributed by atoms with van der Waals surface area (Å²) in [5.74, 6) is 0.764. The average Bonchev–Trinajstić information content (AvgIpc) is 2.84. The van der Waals surface area contributed by atoms with Crippen molar-refractivity contribution in [2.24, 2.45) is 5.10 Å². The van der Waals surface area contributed by atoms with Crippen LogP contribution in [0.5, 0.6) is 0 Å². The van der Waals surface area contributed by atoms with Crippen LogP contribution in [0.15, 0.2) is 53.6 Å². The number of anilines is 1. The molecule has 3 aromatic rings. The van der Waals surface area contributed by atoms with Gasteiger partial charge in [0, 0.05) is 10.1 Å². The normalized spacial score (nSPS) is 11.3. The molecule has 4 nitrogen and oxygen atoms in total. The van der Waals surface area contributed by atoms with Gasteiger partial charge in [0.25, 0.3) is 0 Å². The van der Waals surface area contributed by atoms with Crippen LogP contribution in [0.1, 0.15) is 12.5 Å². The standard InChI is InChI=1S/C16H15IN4/c1-2-21-15-9-4-3-8-14(15)19-16(21)20-18-11-12-6-5-7-13(17)10-12/h3-11H,2H2,1H3,(H,19,20)/b18-11-. The van der Waals surface area contributed by atoms with Crippen LogP contribution in [0.3, 0.4) is 0 Å². The van der Waals surface area contributed by atoms with E-state index < -0.39 is 0 Å². The van der Waals surface area contributed by atoms with Gasteiger partial charge in [0.1, 0.15) is 0 Å². The summed E-state index contributed by atoms with van der Waals surface area (Å²) in [6.07, 6.45) is 1.81. The number of aryl methyl sites for hydroxylation is 1. The van der Waals surface area contributed by atoms with E-state index in [-0.39, 0.29) is 0 Å². The Morgan fingerprint density at radius 3 is 2.90 bits per heavy atom. The Morgan fingerprint density at radius 2 is 2.10 bits per heavy atom. The van der Waals surface area contributed by atoms with Crippen LogP contribution >= 0.6 is 22.6 Å². The zero-order valence-corrected chi connectivity index (χ0v) is 13.8. The monoisotopic (exact) mass is 390 g/mol. The number of hydrogen-bond donors (Lipinski definition) is 1. The Morgan fingerprint density at radius 1 is 1.24 bits per heavy atom. The summed E-state index contributed by atoms with van der Waals surface area (Å²) in [6.45, 7) is 2.95. The first-order chi connectivity index (χ1) is 10.3. The van der Waals surface area contributed by atoms with Crippen LogP contribution in [0, 0.1) is 3.57 Å². The van der Waals surface area contributed by atoms with E-state index >= 15 is 0 Å². The maximum absolute atomic E-state index is 4.57. The summed E-state index contributed by atoms with van der Waals surface area (Å²) >= 11 is 2.29. The molecular formula is C16H15IN4. The van der Waals surface area contributed by atoms with Crippen molar-refractivity contribution < 1.29 is 0 Å². The Balaban J connectivity index is 1.85. The first-order valence-corrected chi connectivity index (χ1v) is 7.85. The largest absolute Gasteiger partial charge is 0.309 e. The fraction of sp³-hybridized carbons (Fsp3) is 0.125. The van der Waals surface area contributed by atoms with E-state index in [9.17, 15) is 0 Å². The number of hydrazone groups is 1. The maximum Gasteiger partial charge on any atom is 0.224 e. The van der Waals surface area contributed by atoms with Gasteiger partial charge in [-0.05, 0) is 59.3 Å². The Hall–Kier alpha value is -1.89. The van der Waals surface area contributed by atoms with Crippen molar-refractivity contribution in [3.63, 3.8) is 0 Å². The number of hydrogen-bond acceptors (Lipinski definition) is 3. The molecule has 0 atom stereocenters. The van der Waals surface area contributed by atoms with E-state index in [1.54, 1.807) is 0 Å². The van der Waals surface area contributed by atoms with Gasteiger partial charge in [-0.1, -0.05) is 24.3 Å². The van der Waals surface area contributed by atoms with Crippen LogP contribution in [-0.4, -0.2) is 15.8 Å². The van der Waals surface area contributed by atoms with Gasteiger partial charge in [-0.2, -0.15) is 5.10 Å². The van der Waals surface area contributed by atoms with Crippen LogP contribution < -0.4 is 5.43 Å². The lowest BCUT2D eigenvalue weighted by Crippen LogP contribution is -2.01. The van der Waals surface area contributed by atoms with Crippen molar-refractivity contribution in [2.45, 2.75) is 13.5 Å². The summed E-state index contributed by atoms with van der Waals surface area (Å²) < 4.78 is 3.30. The fourth-order valence-corrected chi connectivity index (χ4v) is 2.80. The molecule has 0 radical (unpaired) electrons. The molecule has 0 aliphatic heterocycles. The minimum atomic E-state index is 0.764. The number of imidazole rings is 1. The third-order valence-corrected chi connectivity index (χ3v) is 3.87. The molecular weight excluding hydrogens is 375 g/mol. The highest BCUT2D eigenvalue weighted by Gasteiger charge is 2.07. The number of nitrogens with zero attached hydrogens (tertiary/aromatic N) is 3. The molecule has 0 spiro atoms. The summed E-state index contributed by atoms with van der Waals surface area (Å²) in [4.78, 5) is 4.57. The van der Waals surface area contributed by atoms with Gasteiger partial charge in [0.05, 0.1) is 17.2 Å². The zero-order valence-electron chi connectivity index (χ0n) is 11.6. The molecule has 0 bridgehead atoms. The number of para-hydroxylation sites is 2. The fourth-order valence-electron chi connectivity index (χ4n) is 2.23. The van der Waals surface area contributed by atoms with Crippen molar-refractivity contribution in [2.75, 3.05) is 5.43 Å². The minimum Gasteiger partial charge on any atom is -0.309 e. The summed E-state index contributed by atoms with van der Waals surface area (Å²) in [5, 5.41) is 4.30. The number of halogens is 1. The summed E-state index contributed by atoms with van der Waals surface area (Å²) in [5.41, 5.74) is 6.20. The zero-order chi connectivity index (χ0) is 14.7. The highest BCUT2D eigenvalue weighted by Crippen LogP contribution is 2.19. The third-order valence-electron chi connectivity index (χ3n) is 3.20. The Bertz CT molecular complexity index is 792. The van der Waals surface area contributed by atoms with Crippen LogP contribution in [0.4, 0.5) is 5.95 Å². The van der Waals surface area contributed by atoms with Gasteiger partial charge in [-0.3, -0.25) is 0 Å². The van der Waals surface area contributed by atoms with Gasteiger partial charge in [-0.15, -0.1) is 0 Å². The Kier molecular flexibility index (Phi) is 4.19. The number of aromatic nitrogens is 2. The molecule has 0 aliphatic rings. The molecule has 0 aliphatic carbocycles. The van der Waals surface area contributed by atoms with Crippen molar-refractivity contribution in [3.8, 4) is 0 Å². The van der Waals surface area contributed by atoms with Gasteiger partial charge in [0.2, 0.25) is 5.95 Å². The van der Waals surface area contributed by atoms with Crippen molar-refractivity contribution >= 4 is 45.8 Å². The second-order valence-corrected chi connectivity index (χ2v) is 5.84.